The zero-order chi connectivity index (χ0) is 16.3. The maximum absolute atomic E-state index is 13.8. The molecule has 2 atom stereocenters. The Labute approximate surface area is 127 Å². The molecular formula is C13H17FN2O5S. The van der Waals surface area contributed by atoms with Crippen molar-refractivity contribution < 1.29 is 27.1 Å². The van der Waals surface area contributed by atoms with Crippen LogP contribution < -0.4 is 10.5 Å². The van der Waals surface area contributed by atoms with Gasteiger partial charge in [0.25, 0.3) is 5.91 Å². The van der Waals surface area contributed by atoms with Crippen molar-refractivity contribution in [3.63, 3.8) is 0 Å². The molecule has 1 fully saturated rings. The highest BCUT2D eigenvalue weighted by atomic mass is 32.2. The van der Waals surface area contributed by atoms with Crippen LogP contribution in [-0.4, -0.2) is 46.8 Å². The quantitative estimate of drug-likeness (QED) is 0.807. The number of ether oxygens (including phenoxy) is 2. The number of hydrogen-bond acceptors (Lipinski definition) is 5. The first-order valence-electron chi connectivity index (χ1n) is 6.56. The molecule has 1 aliphatic rings. The zero-order valence-electron chi connectivity index (χ0n) is 11.9. The van der Waals surface area contributed by atoms with Crippen molar-refractivity contribution >= 4 is 15.9 Å². The Balaban J connectivity index is 2.22. The third kappa shape index (κ3) is 3.80. The normalized spacial score (nSPS) is 22.3. The van der Waals surface area contributed by atoms with Gasteiger partial charge in [-0.3, -0.25) is 4.79 Å². The molecule has 1 amide bonds. The Morgan fingerprint density at radius 1 is 1.50 bits per heavy atom. The lowest BCUT2D eigenvalue weighted by Gasteiger charge is -2.31. The molecule has 0 aliphatic carbocycles. The topological polar surface area (TPSA) is 108 Å². The van der Waals surface area contributed by atoms with Gasteiger partial charge >= 0.3 is 0 Å². The Morgan fingerprint density at radius 3 is 2.86 bits per heavy atom. The van der Waals surface area contributed by atoms with Crippen molar-refractivity contribution in [3.05, 3.63) is 29.6 Å². The monoisotopic (exact) mass is 332 g/mol. The largest absolute Gasteiger partial charge is 0.379 e. The molecule has 22 heavy (non-hydrogen) atoms. The molecule has 1 aliphatic heterocycles. The predicted molar refractivity (Wildman–Crippen MR) is 75.3 cm³/mol. The molecular weight excluding hydrogens is 315 g/mol. The van der Waals surface area contributed by atoms with E-state index >= 15 is 0 Å². The minimum atomic E-state index is -4.02. The molecule has 3 N–H and O–H groups in total. The summed E-state index contributed by atoms with van der Waals surface area (Å²) in [5, 5.41) is 7.57. The average molecular weight is 332 g/mol. The number of carbonyl (C=O) groups excluding carboxylic acids is 1. The number of amides is 1. The summed E-state index contributed by atoms with van der Waals surface area (Å²) < 4.78 is 46.9. The third-order valence-corrected chi connectivity index (χ3v) is 4.33. The lowest BCUT2D eigenvalue weighted by molar-refractivity contribution is -0.0349. The number of halogens is 1. The van der Waals surface area contributed by atoms with E-state index in [1.165, 1.54) is 7.11 Å². The number of methoxy groups -OCH3 is 1. The second-order valence-electron chi connectivity index (χ2n) is 4.90. The van der Waals surface area contributed by atoms with Gasteiger partial charge in [-0.05, 0) is 24.6 Å². The van der Waals surface area contributed by atoms with Crippen LogP contribution in [0.25, 0.3) is 0 Å². The summed E-state index contributed by atoms with van der Waals surface area (Å²) in [5.74, 6) is -1.59. The molecule has 1 saturated heterocycles. The predicted octanol–water partition coefficient (Wildman–Crippen LogP) is 0.00680. The van der Waals surface area contributed by atoms with E-state index in [2.05, 4.69) is 5.32 Å². The Bertz CT molecular complexity index is 664. The Morgan fingerprint density at radius 2 is 2.23 bits per heavy atom. The van der Waals surface area contributed by atoms with Gasteiger partial charge < -0.3 is 14.8 Å². The molecule has 0 aromatic heterocycles. The molecule has 0 unspecified atom stereocenters. The van der Waals surface area contributed by atoms with Crippen LogP contribution in [0.2, 0.25) is 0 Å². The van der Waals surface area contributed by atoms with Gasteiger partial charge in [-0.1, -0.05) is 0 Å². The standard InChI is InChI=1S/C13H17FN2O5S/c1-20-12-4-5-21-7-11(12)16-13(17)9-6-8(22(15,18)19)2-3-10(9)14/h2-3,6,11-12H,4-5,7H2,1H3,(H,16,17)(H2,15,18,19)/t11-,12-/m1/s1. The fraction of sp³-hybridized carbons (Fsp3) is 0.462. The van der Waals surface area contributed by atoms with Gasteiger partial charge in [0.1, 0.15) is 5.82 Å². The fourth-order valence-electron chi connectivity index (χ4n) is 2.24. The van der Waals surface area contributed by atoms with E-state index in [4.69, 9.17) is 14.6 Å². The summed E-state index contributed by atoms with van der Waals surface area (Å²) in [6, 6.07) is 2.36. The molecule has 0 spiro atoms. The van der Waals surface area contributed by atoms with Crippen molar-refractivity contribution in [1.29, 1.82) is 0 Å². The second-order valence-corrected chi connectivity index (χ2v) is 6.47. The van der Waals surface area contributed by atoms with Crippen LogP contribution in [-0.2, 0) is 19.5 Å². The smallest absolute Gasteiger partial charge is 0.254 e. The highest BCUT2D eigenvalue weighted by Gasteiger charge is 2.28. The third-order valence-electron chi connectivity index (χ3n) is 3.42. The van der Waals surface area contributed by atoms with Gasteiger partial charge in [-0.25, -0.2) is 17.9 Å². The molecule has 9 heteroatoms. The van der Waals surface area contributed by atoms with E-state index in [1.807, 2.05) is 0 Å². The second kappa shape index (κ2) is 6.69. The summed E-state index contributed by atoms with van der Waals surface area (Å²) in [6.45, 7) is 0.751. The van der Waals surface area contributed by atoms with Crippen LogP contribution in [0.15, 0.2) is 23.1 Å². The SMILES string of the molecule is CO[C@@H]1CCOC[C@H]1NC(=O)c1cc(S(N)(=O)=O)ccc1F. The van der Waals surface area contributed by atoms with Crippen LogP contribution in [0, 0.1) is 5.82 Å². The summed E-state index contributed by atoms with van der Waals surface area (Å²) in [5.41, 5.74) is -0.396. The van der Waals surface area contributed by atoms with Crippen LogP contribution >= 0.6 is 0 Å². The molecule has 7 nitrogen and oxygen atoms in total. The van der Waals surface area contributed by atoms with Crippen molar-refractivity contribution in [1.82, 2.24) is 5.32 Å². The summed E-state index contributed by atoms with van der Waals surface area (Å²) in [6.07, 6.45) is 0.350. The van der Waals surface area contributed by atoms with E-state index in [9.17, 15) is 17.6 Å². The van der Waals surface area contributed by atoms with E-state index in [-0.39, 0.29) is 17.6 Å². The number of primary sulfonamides is 1. The first-order valence-corrected chi connectivity index (χ1v) is 8.11. The van der Waals surface area contributed by atoms with Crippen LogP contribution in [0.4, 0.5) is 4.39 Å². The number of nitrogens with two attached hydrogens (primary N) is 1. The van der Waals surface area contributed by atoms with Crippen molar-refractivity contribution in [2.24, 2.45) is 5.14 Å². The molecule has 2 rings (SSSR count). The molecule has 0 saturated carbocycles. The fourth-order valence-corrected chi connectivity index (χ4v) is 2.78. The van der Waals surface area contributed by atoms with Crippen molar-refractivity contribution in [2.45, 2.75) is 23.5 Å². The van der Waals surface area contributed by atoms with Gasteiger partial charge in [-0.15, -0.1) is 0 Å². The molecule has 122 valence electrons. The maximum Gasteiger partial charge on any atom is 0.254 e. The minimum Gasteiger partial charge on any atom is -0.379 e. The van der Waals surface area contributed by atoms with E-state index in [0.717, 1.165) is 18.2 Å². The summed E-state index contributed by atoms with van der Waals surface area (Å²) in [4.78, 5) is 11.8. The molecule has 0 bridgehead atoms. The molecule has 0 radical (unpaired) electrons. The van der Waals surface area contributed by atoms with Gasteiger partial charge in [0.05, 0.1) is 29.2 Å². The summed E-state index contributed by atoms with van der Waals surface area (Å²) in [7, 11) is -2.51. The van der Waals surface area contributed by atoms with E-state index in [0.29, 0.717) is 13.0 Å². The average Bonchev–Trinajstić information content (AvgIpc) is 2.47. The van der Waals surface area contributed by atoms with Crippen LogP contribution in [0.3, 0.4) is 0 Å². The first kappa shape index (κ1) is 16.8. The highest BCUT2D eigenvalue weighted by molar-refractivity contribution is 7.89. The number of nitrogens with one attached hydrogen (secondary N) is 1. The molecule has 1 aromatic carbocycles. The Kier molecular flexibility index (Phi) is 5.12. The van der Waals surface area contributed by atoms with Crippen LogP contribution in [0.1, 0.15) is 16.8 Å². The number of hydrogen-bond donors (Lipinski definition) is 2. The lowest BCUT2D eigenvalue weighted by atomic mass is 10.1. The number of sulfonamides is 1. The Hall–Kier alpha value is -1.55. The maximum atomic E-state index is 13.8. The number of rotatable bonds is 4. The van der Waals surface area contributed by atoms with Gasteiger partial charge in [-0.2, -0.15) is 0 Å². The highest BCUT2D eigenvalue weighted by Crippen LogP contribution is 2.16. The lowest BCUT2D eigenvalue weighted by Crippen LogP contribution is -2.50. The van der Waals surface area contributed by atoms with E-state index < -0.39 is 33.4 Å². The van der Waals surface area contributed by atoms with Crippen LogP contribution in [0.5, 0.6) is 0 Å². The van der Waals surface area contributed by atoms with Crippen molar-refractivity contribution in [3.8, 4) is 0 Å². The zero-order valence-corrected chi connectivity index (χ0v) is 12.7. The number of carbonyl (C=O) groups is 1. The summed E-state index contributed by atoms with van der Waals surface area (Å²) >= 11 is 0. The van der Waals surface area contributed by atoms with Gasteiger partial charge in [0.2, 0.25) is 10.0 Å². The molecule has 1 aromatic rings. The van der Waals surface area contributed by atoms with E-state index in [1.54, 1.807) is 0 Å². The van der Waals surface area contributed by atoms with Gasteiger partial charge in [0, 0.05) is 13.7 Å². The first-order chi connectivity index (χ1) is 10.3. The number of benzene rings is 1. The van der Waals surface area contributed by atoms with Crippen molar-refractivity contribution in [2.75, 3.05) is 20.3 Å². The molecule has 1 heterocycles. The van der Waals surface area contributed by atoms with Gasteiger partial charge in [0.15, 0.2) is 0 Å². The minimum absolute atomic E-state index is 0.237.